The van der Waals surface area contributed by atoms with E-state index >= 15 is 0 Å². The molecule has 82 valence electrons. The van der Waals surface area contributed by atoms with Crippen molar-refractivity contribution < 1.29 is 9.32 Å². The van der Waals surface area contributed by atoms with Gasteiger partial charge in [0, 0.05) is 14.1 Å². The van der Waals surface area contributed by atoms with Crippen LogP contribution in [0, 0.1) is 3.57 Å². The van der Waals surface area contributed by atoms with Crippen molar-refractivity contribution >= 4 is 50.2 Å². The zero-order valence-corrected chi connectivity index (χ0v) is 11.6. The molecule has 1 aromatic heterocycles. The Hall–Kier alpha value is -0.890. The number of hydrogen-bond donors (Lipinski definition) is 1. The molecule has 1 aromatic carbocycles. The van der Waals surface area contributed by atoms with Crippen LogP contribution in [0.2, 0.25) is 0 Å². The van der Waals surface area contributed by atoms with E-state index in [0.717, 1.165) is 8.04 Å². The fourth-order valence-corrected chi connectivity index (χ4v) is 2.05. The van der Waals surface area contributed by atoms with Crippen LogP contribution in [0.25, 0.3) is 0 Å². The first-order chi connectivity index (χ1) is 7.66. The molecule has 0 atom stereocenters. The summed E-state index contributed by atoms with van der Waals surface area (Å²) in [6.07, 6.45) is 1.40. The molecule has 0 aliphatic heterocycles. The number of amides is 1. The van der Waals surface area contributed by atoms with Crippen LogP contribution in [0.15, 0.2) is 39.5 Å². The zero-order valence-electron chi connectivity index (χ0n) is 7.91. The molecule has 0 aliphatic rings. The number of anilines is 1. The number of nitrogens with zero attached hydrogens (tertiary/aromatic N) is 1. The first-order valence-corrected chi connectivity index (χ1v) is 6.21. The number of carbonyl (C=O) groups is 1. The van der Waals surface area contributed by atoms with Gasteiger partial charge in [0.05, 0.1) is 5.56 Å². The van der Waals surface area contributed by atoms with Crippen molar-refractivity contribution in [2.24, 2.45) is 0 Å². The number of nitrogens with one attached hydrogen (secondary N) is 1. The lowest BCUT2D eigenvalue weighted by molar-refractivity contribution is 0.102. The van der Waals surface area contributed by atoms with Gasteiger partial charge < -0.3 is 9.84 Å². The SMILES string of the molecule is O=C(Nc1ccon1)c1cc(I)ccc1Br. The molecule has 16 heavy (non-hydrogen) atoms. The Morgan fingerprint density at radius 1 is 1.44 bits per heavy atom. The van der Waals surface area contributed by atoms with E-state index in [4.69, 9.17) is 0 Å². The Kier molecular flexibility index (Phi) is 3.59. The molecule has 0 bridgehead atoms. The van der Waals surface area contributed by atoms with Crippen molar-refractivity contribution in [1.82, 2.24) is 5.16 Å². The third-order valence-corrected chi connectivity index (χ3v) is 3.21. The predicted octanol–water partition coefficient (Wildman–Crippen LogP) is 3.29. The largest absolute Gasteiger partial charge is 0.363 e. The summed E-state index contributed by atoms with van der Waals surface area (Å²) in [6, 6.07) is 7.12. The van der Waals surface area contributed by atoms with Gasteiger partial charge in [0.1, 0.15) is 6.26 Å². The second-order valence-electron chi connectivity index (χ2n) is 2.96. The van der Waals surface area contributed by atoms with E-state index in [1.165, 1.54) is 6.26 Å². The van der Waals surface area contributed by atoms with Crippen molar-refractivity contribution in [3.63, 3.8) is 0 Å². The average Bonchev–Trinajstić information content (AvgIpc) is 2.74. The van der Waals surface area contributed by atoms with E-state index < -0.39 is 0 Å². The van der Waals surface area contributed by atoms with Crippen molar-refractivity contribution in [2.75, 3.05) is 5.32 Å². The highest BCUT2D eigenvalue weighted by Crippen LogP contribution is 2.20. The predicted molar refractivity (Wildman–Crippen MR) is 71.3 cm³/mol. The lowest BCUT2D eigenvalue weighted by atomic mass is 10.2. The summed E-state index contributed by atoms with van der Waals surface area (Å²) >= 11 is 5.48. The number of rotatable bonds is 2. The molecule has 0 spiro atoms. The van der Waals surface area contributed by atoms with E-state index in [-0.39, 0.29) is 5.91 Å². The van der Waals surface area contributed by atoms with Crippen molar-refractivity contribution in [1.29, 1.82) is 0 Å². The molecule has 6 heteroatoms. The summed E-state index contributed by atoms with van der Waals surface area (Å²) in [6.45, 7) is 0. The van der Waals surface area contributed by atoms with Gasteiger partial charge in [-0.05, 0) is 56.7 Å². The van der Waals surface area contributed by atoms with Crippen molar-refractivity contribution in [3.05, 3.63) is 44.1 Å². The minimum atomic E-state index is -0.223. The van der Waals surface area contributed by atoms with Crippen molar-refractivity contribution in [3.8, 4) is 0 Å². The second kappa shape index (κ2) is 4.96. The molecule has 0 radical (unpaired) electrons. The van der Waals surface area contributed by atoms with Crippen LogP contribution < -0.4 is 5.32 Å². The summed E-state index contributed by atoms with van der Waals surface area (Å²) < 4.78 is 6.36. The molecule has 2 aromatic rings. The monoisotopic (exact) mass is 392 g/mol. The Morgan fingerprint density at radius 2 is 2.25 bits per heavy atom. The number of carbonyl (C=O) groups excluding carboxylic acids is 1. The highest BCUT2D eigenvalue weighted by molar-refractivity contribution is 14.1. The standard InChI is InChI=1S/C10H6BrIN2O2/c11-8-2-1-6(12)5-7(8)10(15)13-9-3-4-16-14-9/h1-5H,(H,13,14,15). The highest BCUT2D eigenvalue weighted by Gasteiger charge is 2.11. The fraction of sp³-hybridized carbons (Fsp3) is 0. The molecule has 0 aliphatic carbocycles. The van der Waals surface area contributed by atoms with Crippen LogP contribution in [-0.4, -0.2) is 11.1 Å². The quantitative estimate of drug-likeness (QED) is 0.798. The highest BCUT2D eigenvalue weighted by atomic mass is 127. The lowest BCUT2D eigenvalue weighted by Crippen LogP contribution is -2.12. The summed E-state index contributed by atoms with van der Waals surface area (Å²) in [7, 11) is 0. The van der Waals surface area contributed by atoms with Crippen LogP contribution >= 0.6 is 38.5 Å². The van der Waals surface area contributed by atoms with Crippen LogP contribution in [0.5, 0.6) is 0 Å². The first-order valence-electron chi connectivity index (χ1n) is 4.33. The van der Waals surface area contributed by atoms with E-state index in [1.54, 1.807) is 12.1 Å². The van der Waals surface area contributed by atoms with Gasteiger partial charge in [-0.25, -0.2) is 0 Å². The summed E-state index contributed by atoms with van der Waals surface area (Å²) in [5, 5.41) is 6.24. The molecule has 4 nitrogen and oxygen atoms in total. The molecular formula is C10H6BrIN2O2. The van der Waals surface area contributed by atoms with Gasteiger partial charge >= 0.3 is 0 Å². The Morgan fingerprint density at radius 3 is 2.94 bits per heavy atom. The molecule has 0 fully saturated rings. The fourth-order valence-electron chi connectivity index (χ4n) is 1.13. The van der Waals surface area contributed by atoms with Gasteiger partial charge in [-0.3, -0.25) is 4.79 Å². The van der Waals surface area contributed by atoms with Gasteiger partial charge in [0.25, 0.3) is 5.91 Å². The third kappa shape index (κ3) is 2.62. The van der Waals surface area contributed by atoms with Gasteiger partial charge in [-0.1, -0.05) is 5.16 Å². The van der Waals surface area contributed by atoms with E-state index in [1.807, 2.05) is 12.1 Å². The molecular weight excluding hydrogens is 387 g/mol. The Balaban J connectivity index is 2.24. The molecule has 2 rings (SSSR count). The summed E-state index contributed by atoms with van der Waals surface area (Å²) in [4.78, 5) is 11.9. The van der Waals surface area contributed by atoms with Crippen molar-refractivity contribution in [2.45, 2.75) is 0 Å². The third-order valence-electron chi connectivity index (χ3n) is 1.85. The van der Waals surface area contributed by atoms with Gasteiger partial charge in [0.15, 0.2) is 5.82 Å². The lowest BCUT2D eigenvalue weighted by Gasteiger charge is -2.04. The van der Waals surface area contributed by atoms with Gasteiger partial charge in [-0.2, -0.15) is 0 Å². The van der Waals surface area contributed by atoms with Crippen LogP contribution in [0.4, 0.5) is 5.82 Å². The molecule has 0 saturated heterocycles. The summed E-state index contributed by atoms with van der Waals surface area (Å²) in [5.74, 6) is 0.176. The smallest absolute Gasteiger partial charge is 0.258 e. The minimum Gasteiger partial charge on any atom is -0.363 e. The molecule has 0 saturated carbocycles. The molecule has 1 N–H and O–H groups in total. The topological polar surface area (TPSA) is 55.1 Å². The van der Waals surface area contributed by atoms with E-state index in [0.29, 0.717) is 11.4 Å². The molecule has 0 unspecified atom stereocenters. The molecule has 1 heterocycles. The van der Waals surface area contributed by atoms with Crippen LogP contribution in [0.3, 0.4) is 0 Å². The number of halogens is 2. The van der Waals surface area contributed by atoms with E-state index in [2.05, 4.69) is 53.5 Å². The maximum absolute atomic E-state index is 11.9. The number of benzene rings is 1. The van der Waals surface area contributed by atoms with E-state index in [9.17, 15) is 4.79 Å². The van der Waals surface area contributed by atoms with Crippen LogP contribution in [-0.2, 0) is 0 Å². The normalized spacial score (nSPS) is 10.1. The maximum Gasteiger partial charge on any atom is 0.258 e. The van der Waals surface area contributed by atoms with Crippen LogP contribution in [0.1, 0.15) is 10.4 Å². The Bertz CT molecular complexity index is 514. The first kappa shape index (κ1) is 11.6. The van der Waals surface area contributed by atoms with Gasteiger partial charge in [-0.15, -0.1) is 0 Å². The van der Waals surface area contributed by atoms with Gasteiger partial charge in [0.2, 0.25) is 0 Å². The number of hydrogen-bond acceptors (Lipinski definition) is 3. The number of aromatic nitrogens is 1. The maximum atomic E-state index is 11.9. The Labute approximate surface area is 114 Å². The minimum absolute atomic E-state index is 0.223. The second-order valence-corrected chi connectivity index (χ2v) is 5.06. The zero-order chi connectivity index (χ0) is 11.5. The molecule has 1 amide bonds. The summed E-state index contributed by atoms with van der Waals surface area (Å²) in [5.41, 5.74) is 0.565. The average molecular weight is 393 g/mol.